The molecular formula is C16H16N2O2. The summed E-state index contributed by atoms with van der Waals surface area (Å²) >= 11 is 0. The molecule has 0 fully saturated rings. The van der Waals surface area contributed by atoms with Crippen LogP contribution >= 0.6 is 0 Å². The molecule has 0 unspecified atom stereocenters. The number of benzene rings is 2. The van der Waals surface area contributed by atoms with Crippen molar-refractivity contribution in [1.29, 1.82) is 5.26 Å². The highest BCUT2D eigenvalue weighted by atomic mass is 16.5. The number of methoxy groups -OCH3 is 1. The van der Waals surface area contributed by atoms with Crippen LogP contribution in [0.25, 0.3) is 0 Å². The number of ether oxygens (including phenoxy) is 2. The van der Waals surface area contributed by atoms with Gasteiger partial charge in [0.05, 0.1) is 18.4 Å². The lowest BCUT2D eigenvalue weighted by Crippen LogP contribution is -2.01. The molecule has 102 valence electrons. The first-order chi connectivity index (χ1) is 9.65. The standard InChI is InChI=1S/C16H16N2O2/c1-11-4-3-5-14(18)16(11)20-10-12-6-7-13(9-17)15(8-12)19-2/h3-8H,10,18H2,1-2H3. The second-order valence-corrected chi connectivity index (χ2v) is 4.43. The van der Waals surface area contributed by atoms with Crippen molar-refractivity contribution in [2.24, 2.45) is 0 Å². The van der Waals surface area contributed by atoms with Crippen LogP contribution in [0.15, 0.2) is 36.4 Å². The molecule has 2 N–H and O–H groups in total. The molecule has 0 aliphatic carbocycles. The first kappa shape index (κ1) is 13.8. The lowest BCUT2D eigenvalue weighted by atomic mass is 10.1. The Labute approximate surface area is 118 Å². The zero-order valence-electron chi connectivity index (χ0n) is 11.5. The highest BCUT2D eigenvalue weighted by Gasteiger charge is 2.07. The van der Waals surface area contributed by atoms with Gasteiger partial charge in [0.1, 0.15) is 24.2 Å². The van der Waals surface area contributed by atoms with Crippen molar-refractivity contribution >= 4 is 5.69 Å². The van der Waals surface area contributed by atoms with E-state index in [1.807, 2.05) is 31.2 Å². The fourth-order valence-corrected chi connectivity index (χ4v) is 1.95. The van der Waals surface area contributed by atoms with E-state index in [0.717, 1.165) is 11.1 Å². The molecule has 0 heterocycles. The predicted octanol–water partition coefficient (Wildman–Crippen LogP) is 3.04. The Morgan fingerprint density at radius 1 is 1.25 bits per heavy atom. The van der Waals surface area contributed by atoms with Gasteiger partial charge in [0.15, 0.2) is 0 Å². The van der Waals surface area contributed by atoms with Gasteiger partial charge >= 0.3 is 0 Å². The molecular weight excluding hydrogens is 252 g/mol. The Bertz CT molecular complexity index is 640. The number of nitrogens with zero attached hydrogens (tertiary/aromatic N) is 1. The summed E-state index contributed by atoms with van der Waals surface area (Å²) in [7, 11) is 1.54. The average molecular weight is 268 g/mol. The summed E-state index contributed by atoms with van der Waals surface area (Å²) in [5.74, 6) is 1.24. The number of nitrogens with two attached hydrogens (primary N) is 1. The maximum Gasteiger partial charge on any atom is 0.145 e. The van der Waals surface area contributed by atoms with Crippen LogP contribution in [0.4, 0.5) is 5.69 Å². The highest BCUT2D eigenvalue weighted by Crippen LogP contribution is 2.27. The van der Waals surface area contributed by atoms with Crippen LogP contribution in [-0.2, 0) is 6.61 Å². The molecule has 0 spiro atoms. The quantitative estimate of drug-likeness (QED) is 0.865. The van der Waals surface area contributed by atoms with Gasteiger partial charge in [-0.15, -0.1) is 0 Å². The summed E-state index contributed by atoms with van der Waals surface area (Å²) in [6, 6.07) is 13.1. The molecule has 0 radical (unpaired) electrons. The Balaban J connectivity index is 2.18. The van der Waals surface area contributed by atoms with E-state index >= 15 is 0 Å². The number of anilines is 1. The summed E-state index contributed by atoms with van der Waals surface area (Å²) in [5.41, 5.74) is 8.93. The van der Waals surface area contributed by atoms with Crippen LogP contribution in [0, 0.1) is 18.3 Å². The van der Waals surface area contributed by atoms with Gasteiger partial charge < -0.3 is 15.2 Å². The molecule has 4 nitrogen and oxygen atoms in total. The van der Waals surface area contributed by atoms with Crippen molar-refractivity contribution in [2.45, 2.75) is 13.5 Å². The van der Waals surface area contributed by atoms with Crippen LogP contribution in [0.2, 0.25) is 0 Å². The number of nitrogen functional groups attached to an aromatic ring is 1. The van der Waals surface area contributed by atoms with E-state index in [-0.39, 0.29) is 0 Å². The number of hydrogen-bond donors (Lipinski definition) is 1. The van der Waals surface area contributed by atoms with Crippen molar-refractivity contribution in [3.05, 3.63) is 53.1 Å². The number of rotatable bonds is 4. The number of hydrogen-bond acceptors (Lipinski definition) is 4. The smallest absolute Gasteiger partial charge is 0.145 e. The monoisotopic (exact) mass is 268 g/mol. The summed E-state index contributed by atoms with van der Waals surface area (Å²) in [4.78, 5) is 0. The third-order valence-electron chi connectivity index (χ3n) is 3.01. The fraction of sp³-hybridized carbons (Fsp3) is 0.188. The van der Waals surface area contributed by atoms with Crippen molar-refractivity contribution in [3.63, 3.8) is 0 Å². The maximum absolute atomic E-state index is 8.94. The summed E-state index contributed by atoms with van der Waals surface area (Å²) in [6.45, 7) is 2.32. The number of aryl methyl sites for hydroxylation is 1. The largest absolute Gasteiger partial charge is 0.495 e. The second kappa shape index (κ2) is 5.98. The van der Waals surface area contributed by atoms with Crippen LogP contribution in [0.1, 0.15) is 16.7 Å². The number of nitriles is 1. The van der Waals surface area contributed by atoms with Crippen LogP contribution < -0.4 is 15.2 Å². The van der Waals surface area contributed by atoms with E-state index in [1.54, 1.807) is 19.2 Å². The van der Waals surface area contributed by atoms with E-state index in [2.05, 4.69) is 6.07 Å². The first-order valence-electron chi connectivity index (χ1n) is 6.20. The van der Waals surface area contributed by atoms with Crippen molar-refractivity contribution in [2.75, 3.05) is 12.8 Å². The van der Waals surface area contributed by atoms with Gasteiger partial charge in [-0.2, -0.15) is 5.26 Å². The van der Waals surface area contributed by atoms with E-state index < -0.39 is 0 Å². The van der Waals surface area contributed by atoms with Crippen molar-refractivity contribution < 1.29 is 9.47 Å². The van der Waals surface area contributed by atoms with E-state index in [1.165, 1.54) is 0 Å². The Kier molecular flexibility index (Phi) is 4.11. The van der Waals surface area contributed by atoms with Gasteiger partial charge in [-0.25, -0.2) is 0 Å². The van der Waals surface area contributed by atoms with Crippen molar-refractivity contribution in [3.8, 4) is 17.6 Å². The average Bonchev–Trinajstić information content (AvgIpc) is 2.46. The summed E-state index contributed by atoms with van der Waals surface area (Å²) < 4.78 is 10.9. The molecule has 2 aromatic rings. The van der Waals surface area contributed by atoms with Gasteiger partial charge in [-0.05, 0) is 36.2 Å². The van der Waals surface area contributed by atoms with Gasteiger partial charge in [0, 0.05) is 0 Å². The van der Waals surface area contributed by atoms with Crippen LogP contribution in [-0.4, -0.2) is 7.11 Å². The minimum atomic E-state index is 0.372. The molecule has 2 aromatic carbocycles. The van der Waals surface area contributed by atoms with Gasteiger partial charge in [0.25, 0.3) is 0 Å². The molecule has 20 heavy (non-hydrogen) atoms. The highest BCUT2D eigenvalue weighted by molar-refractivity contribution is 5.56. The molecule has 4 heteroatoms. The minimum absolute atomic E-state index is 0.372. The molecule has 0 amide bonds. The molecule has 0 saturated heterocycles. The van der Waals surface area contributed by atoms with Crippen LogP contribution in [0.5, 0.6) is 11.5 Å². The van der Waals surface area contributed by atoms with E-state index in [0.29, 0.717) is 29.4 Å². The maximum atomic E-state index is 8.94. The van der Waals surface area contributed by atoms with Gasteiger partial charge in [-0.1, -0.05) is 18.2 Å². The molecule has 0 bridgehead atoms. The SMILES string of the molecule is COc1cc(COc2c(C)cccc2N)ccc1C#N. The Hall–Kier alpha value is -2.67. The first-order valence-corrected chi connectivity index (χ1v) is 6.20. The molecule has 0 aliphatic rings. The van der Waals surface area contributed by atoms with Crippen molar-refractivity contribution in [1.82, 2.24) is 0 Å². The fourth-order valence-electron chi connectivity index (χ4n) is 1.95. The minimum Gasteiger partial charge on any atom is -0.495 e. The molecule has 0 aromatic heterocycles. The Morgan fingerprint density at radius 3 is 2.70 bits per heavy atom. The summed E-state index contributed by atoms with van der Waals surface area (Å²) in [6.07, 6.45) is 0. The molecule has 0 atom stereocenters. The number of para-hydroxylation sites is 1. The second-order valence-electron chi connectivity index (χ2n) is 4.43. The Morgan fingerprint density at radius 2 is 2.05 bits per heavy atom. The zero-order valence-corrected chi connectivity index (χ0v) is 11.5. The van der Waals surface area contributed by atoms with Crippen LogP contribution in [0.3, 0.4) is 0 Å². The van der Waals surface area contributed by atoms with Gasteiger partial charge in [0.2, 0.25) is 0 Å². The van der Waals surface area contributed by atoms with E-state index in [4.69, 9.17) is 20.5 Å². The zero-order chi connectivity index (χ0) is 14.5. The third kappa shape index (κ3) is 2.83. The third-order valence-corrected chi connectivity index (χ3v) is 3.01. The molecule has 0 aliphatic heterocycles. The predicted molar refractivity (Wildman–Crippen MR) is 77.6 cm³/mol. The topological polar surface area (TPSA) is 68.3 Å². The normalized spacial score (nSPS) is 9.85. The summed E-state index contributed by atoms with van der Waals surface area (Å²) in [5, 5.41) is 8.94. The lowest BCUT2D eigenvalue weighted by Gasteiger charge is -2.12. The van der Waals surface area contributed by atoms with E-state index in [9.17, 15) is 0 Å². The van der Waals surface area contributed by atoms with Gasteiger partial charge in [-0.3, -0.25) is 0 Å². The molecule has 0 saturated carbocycles. The lowest BCUT2D eigenvalue weighted by molar-refractivity contribution is 0.305. The molecule has 2 rings (SSSR count).